The molecule has 1 atom stereocenters. The molecule has 3 rings (SSSR count). The Morgan fingerprint density at radius 1 is 1.09 bits per heavy atom. The minimum Gasteiger partial charge on any atom is -0.329 e. The van der Waals surface area contributed by atoms with Crippen molar-refractivity contribution in [3.8, 4) is 0 Å². The van der Waals surface area contributed by atoms with Crippen molar-refractivity contribution in [2.24, 2.45) is 5.73 Å². The largest absolute Gasteiger partial charge is 0.329 e. The highest BCUT2D eigenvalue weighted by molar-refractivity contribution is 5.98. The second kappa shape index (κ2) is 6.50. The van der Waals surface area contributed by atoms with Crippen LogP contribution in [0.3, 0.4) is 0 Å². The van der Waals surface area contributed by atoms with E-state index in [2.05, 4.69) is 10.6 Å². The first-order valence-corrected chi connectivity index (χ1v) is 7.39. The number of nitrogens with two attached hydrogens (primary N) is 1. The maximum Gasteiger partial charge on any atom is 0.325 e. The number of rotatable bonds is 6. The number of carbonyl (C=O) groups is 2. The van der Waals surface area contributed by atoms with Crippen LogP contribution in [0.25, 0.3) is 0 Å². The molecule has 1 aliphatic rings. The van der Waals surface area contributed by atoms with Gasteiger partial charge in [0.2, 0.25) is 6.41 Å². The summed E-state index contributed by atoms with van der Waals surface area (Å²) in [5.41, 5.74) is 9.52. The molecule has 1 aliphatic heterocycles. The quantitative estimate of drug-likeness (QED) is 0.709. The Kier molecular flexibility index (Phi) is 4.25. The molecular weight excluding hydrogens is 292 g/mol. The second-order valence-electron chi connectivity index (χ2n) is 5.37. The van der Waals surface area contributed by atoms with E-state index in [4.69, 9.17) is 5.73 Å². The highest BCUT2D eigenvalue weighted by Gasteiger charge is 2.35. The molecule has 1 heterocycles. The lowest BCUT2D eigenvalue weighted by atomic mass is 10.0. The number of benzene rings is 2. The number of amides is 3. The van der Waals surface area contributed by atoms with Gasteiger partial charge in [-0.1, -0.05) is 24.3 Å². The molecule has 1 unspecified atom stereocenters. The smallest absolute Gasteiger partial charge is 0.325 e. The zero-order chi connectivity index (χ0) is 16.2. The monoisotopic (exact) mass is 310 g/mol. The highest BCUT2D eigenvalue weighted by Crippen LogP contribution is 2.23. The van der Waals surface area contributed by atoms with Gasteiger partial charge in [-0.2, -0.15) is 0 Å². The topological polar surface area (TPSA) is 87.5 Å². The SMILES string of the molecule is NCC1NC(=O)N1c1ccc(Cc2ccc(NC=O)cc2)cc1. The molecule has 6 nitrogen and oxygen atoms in total. The van der Waals surface area contributed by atoms with E-state index in [-0.39, 0.29) is 12.2 Å². The zero-order valence-electron chi connectivity index (χ0n) is 12.5. The lowest BCUT2D eigenvalue weighted by molar-refractivity contribution is -0.105. The summed E-state index contributed by atoms with van der Waals surface area (Å²) in [4.78, 5) is 23.6. The summed E-state index contributed by atoms with van der Waals surface area (Å²) in [6.45, 7) is 0.384. The number of hydrogen-bond acceptors (Lipinski definition) is 3. The third-order valence-electron chi connectivity index (χ3n) is 3.85. The molecule has 1 fully saturated rings. The van der Waals surface area contributed by atoms with E-state index >= 15 is 0 Å². The van der Waals surface area contributed by atoms with Crippen molar-refractivity contribution in [2.45, 2.75) is 12.6 Å². The molecule has 118 valence electrons. The highest BCUT2D eigenvalue weighted by atomic mass is 16.2. The molecule has 6 heteroatoms. The van der Waals surface area contributed by atoms with E-state index in [1.165, 1.54) is 0 Å². The molecule has 0 aliphatic carbocycles. The van der Waals surface area contributed by atoms with Gasteiger partial charge in [-0.25, -0.2) is 4.79 Å². The third-order valence-corrected chi connectivity index (χ3v) is 3.85. The van der Waals surface area contributed by atoms with Crippen molar-refractivity contribution >= 4 is 23.8 Å². The van der Waals surface area contributed by atoms with E-state index in [1.54, 1.807) is 4.90 Å². The van der Waals surface area contributed by atoms with Crippen LogP contribution in [-0.4, -0.2) is 25.2 Å². The van der Waals surface area contributed by atoms with Gasteiger partial charge < -0.3 is 16.4 Å². The molecule has 0 bridgehead atoms. The summed E-state index contributed by atoms with van der Waals surface area (Å²) in [7, 11) is 0. The molecule has 0 saturated carbocycles. The minimum atomic E-state index is -0.119. The van der Waals surface area contributed by atoms with Crippen LogP contribution >= 0.6 is 0 Å². The summed E-state index contributed by atoms with van der Waals surface area (Å²) in [5, 5.41) is 5.35. The maximum absolute atomic E-state index is 11.6. The molecule has 2 aromatic rings. The molecule has 23 heavy (non-hydrogen) atoms. The van der Waals surface area contributed by atoms with Gasteiger partial charge in [-0.15, -0.1) is 0 Å². The Hall–Kier alpha value is -2.86. The number of anilines is 2. The van der Waals surface area contributed by atoms with Gasteiger partial charge in [-0.05, 0) is 41.8 Å². The summed E-state index contributed by atoms with van der Waals surface area (Å²) < 4.78 is 0. The average molecular weight is 310 g/mol. The predicted molar refractivity (Wildman–Crippen MR) is 89.2 cm³/mol. The van der Waals surface area contributed by atoms with Crippen LogP contribution in [0.5, 0.6) is 0 Å². The van der Waals surface area contributed by atoms with Gasteiger partial charge in [0.05, 0.1) is 0 Å². The first kappa shape index (κ1) is 15.1. The van der Waals surface area contributed by atoms with Gasteiger partial charge in [0.25, 0.3) is 0 Å². The van der Waals surface area contributed by atoms with Crippen LogP contribution in [0.1, 0.15) is 11.1 Å². The molecule has 0 spiro atoms. The third kappa shape index (κ3) is 3.17. The van der Waals surface area contributed by atoms with Crippen LogP contribution in [-0.2, 0) is 11.2 Å². The van der Waals surface area contributed by atoms with E-state index in [9.17, 15) is 9.59 Å². The molecule has 0 radical (unpaired) electrons. The van der Waals surface area contributed by atoms with E-state index < -0.39 is 0 Å². The molecule has 2 aromatic carbocycles. The first-order chi connectivity index (χ1) is 11.2. The van der Waals surface area contributed by atoms with Crippen molar-refractivity contribution in [2.75, 3.05) is 16.8 Å². The van der Waals surface area contributed by atoms with Gasteiger partial charge in [-0.3, -0.25) is 9.69 Å². The Balaban J connectivity index is 1.67. The van der Waals surface area contributed by atoms with Gasteiger partial charge in [0.1, 0.15) is 6.17 Å². The van der Waals surface area contributed by atoms with Gasteiger partial charge >= 0.3 is 6.03 Å². The Morgan fingerprint density at radius 2 is 1.70 bits per heavy atom. The summed E-state index contributed by atoms with van der Waals surface area (Å²) in [5.74, 6) is 0. The Labute approximate surface area is 134 Å². The fourth-order valence-corrected chi connectivity index (χ4v) is 2.61. The summed E-state index contributed by atoms with van der Waals surface area (Å²) in [6, 6.07) is 15.4. The van der Waals surface area contributed by atoms with E-state index in [0.29, 0.717) is 13.0 Å². The lowest BCUT2D eigenvalue weighted by Crippen LogP contribution is -2.68. The van der Waals surface area contributed by atoms with E-state index in [1.807, 2.05) is 48.5 Å². The van der Waals surface area contributed by atoms with Crippen LogP contribution in [0.15, 0.2) is 48.5 Å². The number of urea groups is 1. The standard InChI is InChI=1S/C17H18N4O2/c18-10-16-20-17(23)21(16)15-7-3-13(4-8-15)9-12-1-5-14(6-2-12)19-11-22/h1-8,11,16H,9-10,18H2,(H,19,22)(H,20,23). The maximum atomic E-state index is 11.6. The molecule has 1 saturated heterocycles. The number of nitrogens with zero attached hydrogens (tertiary/aromatic N) is 1. The Bertz CT molecular complexity index is 698. The second-order valence-corrected chi connectivity index (χ2v) is 5.37. The minimum absolute atomic E-state index is 0.119. The average Bonchev–Trinajstić information content (AvgIpc) is 2.56. The normalized spacial score (nSPS) is 16.5. The number of carbonyl (C=O) groups excluding carboxylic acids is 2. The molecule has 4 N–H and O–H groups in total. The van der Waals surface area contributed by atoms with Crippen LogP contribution in [0, 0.1) is 0 Å². The summed E-state index contributed by atoms with van der Waals surface area (Å²) >= 11 is 0. The van der Waals surface area contributed by atoms with Gasteiger partial charge in [0.15, 0.2) is 0 Å². The zero-order valence-corrected chi connectivity index (χ0v) is 12.5. The lowest BCUT2D eigenvalue weighted by Gasteiger charge is -2.40. The van der Waals surface area contributed by atoms with Crippen LogP contribution < -0.4 is 21.3 Å². The molecule has 0 aromatic heterocycles. The van der Waals surface area contributed by atoms with Crippen molar-refractivity contribution in [1.29, 1.82) is 0 Å². The van der Waals surface area contributed by atoms with Crippen molar-refractivity contribution in [3.05, 3.63) is 59.7 Å². The van der Waals surface area contributed by atoms with E-state index in [0.717, 1.165) is 28.9 Å². The fourth-order valence-electron chi connectivity index (χ4n) is 2.61. The Morgan fingerprint density at radius 3 is 2.22 bits per heavy atom. The number of nitrogens with one attached hydrogen (secondary N) is 2. The molecule has 3 amide bonds. The van der Waals surface area contributed by atoms with Crippen molar-refractivity contribution < 1.29 is 9.59 Å². The van der Waals surface area contributed by atoms with Gasteiger partial charge in [0, 0.05) is 17.9 Å². The summed E-state index contributed by atoms with van der Waals surface area (Å²) in [6.07, 6.45) is 1.33. The van der Waals surface area contributed by atoms with Crippen LogP contribution in [0.2, 0.25) is 0 Å². The number of hydrogen-bond donors (Lipinski definition) is 3. The fraction of sp³-hybridized carbons (Fsp3) is 0.176. The predicted octanol–water partition coefficient (Wildman–Crippen LogP) is 1.66. The van der Waals surface area contributed by atoms with Crippen molar-refractivity contribution in [1.82, 2.24) is 5.32 Å². The van der Waals surface area contributed by atoms with Crippen LogP contribution in [0.4, 0.5) is 16.2 Å². The molecular formula is C17H18N4O2. The first-order valence-electron chi connectivity index (χ1n) is 7.39. The van der Waals surface area contributed by atoms with Crippen molar-refractivity contribution in [3.63, 3.8) is 0 Å².